The molecule has 0 fully saturated rings. The maximum absolute atomic E-state index is 13.7. The third-order valence-corrected chi connectivity index (χ3v) is 6.96. The largest absolute Gasteiger partial charge is 0.496 e. The summed E-state index contributed by atoms with van der Waals surface area (Å²) < 4.78 is 14.9. The van der Waals surface area contributed by atoms with Crippen LogP contribution in [0, 0.1) is 0 Å². The molecule has 0 spiro atoms. The number of unbranched alkanes of at least 4 members (excludes halogenated alkanes) is 4. The van der Waals surface area contributed by atoms with Gasteiger partial charge < -0.3 is 19.1 Å². The van der Waals surface area contributed by atoms with Crippen LogP contribution in [0.3, 0.4) is 0 Å². The molecular weight excluding hydrogens is 492 g/mol. The predicted molar refractivity (Wildman–Crippen MR) is 165 cm³/mol. The molecule has 0 amide bonds. The summed E-state index contributed by atoms with van der Waals surface area (Å²) in [5.41, 5.74) is 3.07. The fourth-order valence-electron chi connectivity index (χ4n) is 4.31. The average Bonchev–Trinajstić information content (AvgIpc) is 2.94. The highest BCUT2D eigenvalue weighted by Crippen LogP contribution is 2.33. The first-order chi connectivity index (χ1) is 18.6. The van der Waals surface area contributed by atoms with Gasteiger partial charge >= 0.3 is 0 Å². The van der Waals surface area contributed by atoms with Crippen molar-refractivity contribution in [2.45, 2.75) is 72.1 Å². The van der Waals surface area contributed by atoms with E-state index in [1.54, 1.807) is 7.11 Å². The summed E-state index contributed by atoms with van der Waals surface area (Å²) in [5, 5.41) is 0. The highest BCUT2D eigenvalue weighted by molar-refractivity contribution is 7.99. The molecule has 0 unspecified atom stereocenters. The van der Waals surface area contributed by atoms with Crippen LogP contribution < -0.4 is 14.2 Å². The molecule has 5 nitrogen and oxygen atoms in total. The van der Waals surface area contributed by atoms with Crippen LogP contribution in [0.1, 0.15) is 88.1 Å². The normalized spacial score (nSPS) is 11.6. The van der Waals surface area contributed by atoms with E-state index in [1.165, 1.54) is 50.7 Å². The molecule has 6 heteroatoms. The zero-order chi connectivity index (χ0) is 27.6. The number of Topliss-reactive ketones (excluding diaryl/α,β-unsaturated/α-hetero) is 1. The number of methoxy groups -OCH3 is 1. The minimum absolute atomic E-state index is 0.00487. The Morgan fingerprint density at radius 1 is 0.921 bits per heavy atom. The van der Waals surface area contributed by atoms with Crippen molar-refractivity contribution in [3.63, 3.8) is 0 Å². The van der Waals surface area contributed by atoms with Crippen LogP contribution >= 0.6 is 11.9 Å². The van der Waals surface area contributed by atoms with E-state index < -0.39 is 0 Å². The zero-order valence-corrected chi connectivity index (χ0v) is 25.0. The van der Waals surface area contributed by atoms with Gasteiger partial charge in [0.1, 0.15) is 11.5 Å². The second-order valence-electron chi connectivity index (χ2n) is 9.59. The number of hydrogen-bond donors (Lipinski definition) is 1. The molecule has 1 N–H and O–H groups in total. The van der Waals surface area contributed by atoms with Crippen molar-refractivity contribution < 1.29 is 14.3 Å². The smallest absolute Gasteiger partial charge is 0.193 e. The van der Waals surface area contributed by atoms with Crippen LogP contribution in [0.2, 0.25) is 0 Å². The van der Waals surface area contributed by atoms with Gasteiger partial charge in [-0.1, -0.05) is 64.5 Å². The number of rotatable bonds is 20. The summed E-state index contributed by atoms with van der Waals surface area (Å²) in [7, 11) is 1.65. The lowest BCUT2D eigenvalue weighted by molar-refractivity contribution is 0.105. The number of allylic oxidation sites excluding steroid dienone is 2. The first-order valence-corrected chi connectivity index (χ1v) is 15.5. The number of ketones is 1. The molecule has 0 atom stereocenters. The van der Waals surface area contributed by atoms with Crippen LogP contribution in [-0.4, -0.2) is 50.3 Å². The molecule has 0 aliphatic rings. The number of nitrogens with one attached hydrogen (secondary N) is 1. The number of benzene rings is 2. The summed E-state index contributed by atoms with van der Waals surface area (Å²) in [5.74, 6) is 1.49. The summed E-state index contributed by atoms with van der Waals surface area (Å²) in [6, 6.07) is 13.4. The molecule has 0 saturated heterocycles. The van der Waals surface area contributed by atoms with Crippen LogP contribution in [-0.2, 0) is 0 Å². The first-order valence-electron chi connectivity index (χ1n) is 14.2. The Morgan fingerprint density at radius 3 is 2.18 bits per heavy atom. The van der Waals surface area contributed by atoms with Crippen LogP contribution in [0.15, 0.2) is 48.5 Å². The predicted octanol–water partition coefficient (Wildman–Crippen LogP) is 8.51. The molecule has 0 saturated carbocycles. The van der Waals surface area contributed by atoms with Crippen LogP contribution in [0.5, 0.6) is 11.5 Å². The molecular formula is C32H48N2O3S. The summed E-state index contributed by atoms with van der Waals surface area (Å²) in [6.45, 7) is 10.7. The van der Waals surface area contributed by atoms with E-state index in [0.717, 1.165) is 49.2 Å². The Bertz CT molecular complexity index is 967. The Balaban J connectivity index is 2.09. The van der Waals surface area contributed by atoms with Gasteiger partial charge in [0.15, 0.2) is 5.78 Å². The van der Waals surface area contributed by atoms with Gasteiger partial charge in [0.2, 0.25) is 0 Å². The molecule has 38 heavy (non-hydrogen) atoms. The van der Waals surface area contributed by atoms with Gasteiger partial charge in [-0.3, -0.25) is 4.79 Å². The van der Waals surface area contributed by atoms with Crippen molar-refractivity contribution in [1.29, 1.82) is 0 Å². The van der Waals surface area contributed by atoms with E-state index in [9.17, 15) is 4.79 Å². The molecule has 210 valence electrons. The number of ether oxygens (including phenoxy) is 2. The molecule has 0 bridgehead atoms. The molecule has 2 aromatic carbocycles. The van der Waals surface area contributed by atoms with Gasteiger partial charge in [-0.15, -0.1) is 0 Å². The maximum Gasteiger partial charge on any atom is 0.193 e. The maximum atomic E-state index is 13.7. The lowest BCUT2D eigenvalue weighted by Gasteiger charge is -2.21. The van der Waals surface area contributed by atoms with E-state index in [1.807, 2.05) is 48.7 Å². The fourth-order valence-corrected chi connectivity index (χ4v) is 4.67. The Hall–Kier alpha value is -2.44. The Kier molecular flexibility index (Phi) is 15.7. The molecule has 2 rings (SSSR count). The third-order valence-electron chi connectivity index (χ3n) is 6.52. The van der Waals surface area contributed by atoms with E-state index >= 15 is 0 Å². The second kappa shape index (κ2) is 18.8. The standard InChI is InChI=1S/C32H48N2O3S/c1-6-9-12-14-29(30-25-27(33-38-5)17-20-31(30)36-4)32(35)26-15-18-28(19-16-26)37-24-13-23-34(21-10-7-2)22-11-8-3/h14-20,25,33H,6-13,21-24H2,1-5H3/b29-14-. The monoisotopic (exact) mass is 540 g/mol. The molecule has 0 aliphatic carbocycles. The van der Waals surface area contributed by atoms with E-state index in [4.69, 9.17) is 9.47 Å². The van der Waals surface area contributed by atoms with E-state index in [-0.39, 0.29) is 5.78 Å². The fraction of sp³-hybridized carbons (Fsp3) is 0.531. The number of anilines is 1. The van der Waals surface area contributed by atoms with Crippen molar-refractivity contribution in [3.8, 4) is 11.5 Å². The zero-order valence-electron chi connectivity index (χ0n) is 24.2. The quantitative estimate of drug-likeness (QED) is 0.0786. The van der Waals surface area contributed by atoms with Crippen LogP contribution in [0.25, 0.3) is 5.57 Å². The Labute approximate surface area is 235 Å². The summed E-state index contributed by atoms with van der Waals surface area (Å²) in [4.78, 5) is 16.3. The van der Waals surface area contributed by atoms with Gasteiger partial charge in [-0.2, -0.15) is 0 Å². The molecule has 0 aromatic heterocycles. The van der Waals surface area contributed by atoms with Crippen molar-refractivity contribution in [2.24, 2.45) is 0 Å². The summed E-state index contributed by atoms with van der Waals surface area (Å²) >= 11 is 1.52. The molecule has 2 aromatic rings. The van der Waals surface area contributed by atoms with Crippen LogP contribution in [0.4, 0.5) is 5.69 Å². The molecule has 0 radical (unpaired) electrons. The number of carbonyl (C=O) groups is 1. The SMILES string of the molecule is CCCC/C=C(\C(=O)c1ccc(OCCCN(CCCC)CCCC)cc1)c1cc(NSC)ccc1OC. The van der Waals surface area contributed by atoms with Crippen molar-refractivity contribution in [1.82, 2.24) is 4.90 Å². The van der Waals surface area contributed by atoms with Crippen molar-refractivity contribution in [3.05, 3.63) is 59.7 Å². The minimum atomic E-state index is -0.00487. The van der Waals surface area contributed by atoms with Gasteiger partial charge in [-0.05, 0) is 81.2 Å². The summed E-state index contributed by atoms with van der Waals surface area (Å²) in [6.07, 6.45) is 12.9. The average molecular weight is 541 g/mol. The first kappa shape index (κ1) is 31.8. The number of hydrogen-bond acceptors (Lipinski definition) is 6. The van der Waals surface area contributed by atoms with E-state index in [0.29, 0.717) is 23.5 Å². The minimum Gasteiger partial charge on any atom is -0.496 e. The topological polar surface area (TPSA) is 50.8 Å². The highest BCUT2D eigenvalue weighted by Gasteiger charge is 2.19. The van der Waals surface area contributed by atoms with Crippen molar-refractivity contribution in [2.75, 3.05) is 44.3 Å². The highest BCUT2D eigenvalue weighted by atomic mass is 32.2. The van der Waals surface area contributed by atoms with Crippen molar-refractivity contribution >= 4 is 29.0 Å². The van der Waals surface area contributed by atoms with Gasteiger partial charge in [0.05, 0.1) is 13.7 Å². The van der Waals surface area contributed by atoms with Gasteiger partial charge in [0, 0.05) is 35.2 Å². The van der Waals surface area contributed by atoms with Gasteiger partial charge in [0.25, 0.3) is 0 Å². The molecule has 0 aliphatic heterocycles. The molecule has 0 heterocycles. The lowest BCUT2D eigenvalue weighted by Crippen LogP contribution is -2.28. The van der Waals surface area contributed by atoms with E-state index in [2.05, 4.69) is 36.5 Å². The number of nitrogens with zero attached hydrogens (tertiary/aromatic N) is 1. The Morgan fingerprint density at radius 2 is 1.58 bits per heavy atom. The third kappa shape index (κ3) is 10.7. The van der Waals surface area contributed by atoms with Gasteiger partial charge in [-0.25, -0.2) is 0 Å². The number of carbonyl (C=O) groups excluding carboxylic acids is 1. The second-order valence-corrected chi connectivity index (χ2v) is 10.2. The lowest BCUT2D eigenvalue weighted by atomic mass is 9.94.